The van der Waals surface area contributed by atoms with Crippen LogP contribution in [0.25, 0.3) is 22.3 Å². The zero-order valence-electron chi connectivity index (χ0n) is 28.1. The molecule has 1 aliphatic carbocycles. The number of fused-ring (bicyclic) bond motifs is 3. The molecule has 0 spiro atoms. The van der Waals surface area contributed by atoms with Crippen molar-refractivity contribution in [1.82, 2.24) is 15.2 Å². The Kier molecular flexibility index (Phi) is 9.99. The zero-order chi connectivity index (χ0) is 36.2. The summed E-state index contributed by atoms with van der Waals surface area (Å²) in [6.45, 7) is 2.74. The fourth-order valence-electron chi connectivity index (χ4n) is 6.79. The van der Waals surface area contributed by atoms with Crippen molar-refractivity contribution in [2.45, 2.75) is 37.8 Å². The number of benzene rings is 4. The number of aromatic nitrogens is 1. The van der Waals surface area contributed by atoms with Gasteiger partial charge in [0.25, 0.3) is 5.91 Å². The summed E-state index contributed by atoms with van der Waals surface area (Å²) in [4.78, 5) is 39.7. The second-order valence-electron chi connectivity index (χ2n) is 12.4. The molecule has 0 bridgehead atoms. The molecule has 0 radical (unpaired) electrons. The number of rotatable bonds is 11. The number of nitrogens with zero attached hydrogens (tertiary/aromatic N) is 1. The number of carbonyl (C=O) groups excluding carboxylic acids is 3. The number of amides is 3. The van der Waals surface area contributed by atoms with Crippen molar-refractivity contribution in [3.63, 3.8) is 0 Å². The number of unbranched alkanes of at least 4 members (excludes halogenated alkanes) is 1. The van der Waals surface area contributed by atoms with E-state index in [9.17, 15) is 27.6 Å². The predicted molar refractivity (Wildman–Crippen MR) is 189 cm³/mol. The maximum absolute atomic E-state index is 13.7. The third kappa shape index (κ3) is 7.10. The molecule has 0 fully saturated rings. The molecule has 3 N–H and O–H groups in total. The minimum absolute atomic E-state index is 0.0375. The van der Waals surface area contributed by atoms with Gasteiger partial charge in [-0.2, -0.15) is 13.2 Å². The van der Waals surface area contributed by atoms with Gasteiger partial charge in [-0.1, -0.05) is 78.9 Å². The van der Waals surface area contributed by atoms with E-state index in [4.69, 9.17) is 4.74 Å². The van der Waals surface area contributed by atoms with E-state index in [1.165, 1.54) is 18.2 Å². The van der Waals surface area contributed by atoms with Gasteiger partial charge in [-0.3, -0.25) is 9.59 Å². The van der Waals surface area contributed by atoms with Crippen LogP contribution in [0.3, 0.4) is 0 Å². The summed E-state index contributed by atoms with van der Waals surface area (Å²) < 4.78 is 46.2. The lowest BCUT2D eigenvalue weighted by Crippen LogP contribution is -2.44. The van der Waals surface area contributed by atoms with Gasteiger partial charge in [0.15, 0.2) is 0 Å². The van der Waals surface area contributed by atoms with Gasteiger partial charge in [0, 0.05) is 38.0 Å². The molecule has 0 unspecified atom stereocenters. The van der Waals surface area contributed by atoms with Gasteiger partial charge in [-0.15, -0.1) is 0 Å². The number of halogens is 3. The minimum Gasteiger partial charge on any atom is -0.393 e. The standard InChI is InChI=1S/C40H37F3N4O4/c1-3-44-37(49)39(33-16-8-6-13-30(33)31-14-7-9-17-34(31)39)22-10-11-23-45-38(50)51-35-24-28(25-47(35)2)46-36(48)32-15-5-4-12-29(32)26-18-20-27(21-19-26)40(41,42)43/h4-9,12-21,24-25H,3,10-11,22-23H2,1-2H3,(H,44,49)(H,45,50)(H,46,48). The second-order valence-corrected chi connectivity index (χ2v) is 12.4. The molecule has 1 aliphatic rings. The van der Waals surface area contributed by atoms with Crippen LogP contribution in [0.5, 0.6) is 5.88 Å². The van der Waals surface area contributed by atoms with Gasteiger partial charge >= 0.3 is 12.3 Å². The second kappa shape index (κ2) is 14.6. The Balaban J connectivity index is 1.05. The molecule has 5 aromatic rings. The van der Waals surface area contributed by atoms with E-state index in [0.717, 1.165) is 34.4 Å². The van der Waals surface area contributed by atoms with Crippen LogP contribution in [-0.4, -0.2) is 35.6 Å². The van der Waals surface area contributed by atoms with Gasteiger partial charge in [-0.05, 0) is 77.8 Å². The van der Waals surface area contributed by atoms with Gasteiger partial charge < -0.3 is 25.3 Å². The van der Waals surface area contributed by atoms with Crippen molar-refractivity contribution < 1.29 is 32.3 Å². The number of carbonyl (C=O) groups is 3. The maximum Gasteiger partial charge on any atom is 0.416 e. The van der Waals surface area contributed by atoms with Crippen LogP contribution in [0.1, 0.15) is 53.2 Å². The predicted octanol–water partition coefficient (Wildman–Crippen LogP) is 8.32. The average molecular weight is 695 g/mol. The molecule has 4 aromatic carbocycles. The molecule has 1 aromatic heterocycles. The van der Waals surface area contributed by atoms with E-state index >= 15 is 0 Å². The molecule has 11 heteroatoms. The number of alkyl halides is 3. The SMILES string of the molecule is CCNC(=O)C1(CCCCNC(=O)Oc2cc(NC(=O)c3ccccc3-c3ccc(C(F)(F)F)cc3)cn2C)c2ccccc2-c2ccccc21. The van der Waals surface area contributed by atoms with Crippen molar-refractivity contribution in [2.24, 2.45) is 7.05 Å². The lowest BCUT2D eigenvalue weighted by molar-refractivity contribution is -0.137. The van der Waals surface area contributed by atoms with Crippen LogP contribution in [0.15, 0.2) is 109 Å². The van der Waals surface area contributed by atoms with Gasteiger partial charge in [0.2, 0.25) is 11.8 Å². The van der Waals surface area contributed by atoms with Crippen LogP contribution in [-0.2, 0) is 23.4 Å². The molecule has 6 rings (SSSR count). The summed E-state index contributed by atoms with van der Waals surface area (Å²) in [5.74, 6) is -0.331. The van der Waals surface area contributed by atoms with Crippen molar-refractivity contribution >= 4 is 23.6 Å². The highest BCUT2D eigenvalue weighted by Crippen LogP contribution is 2.51. The summed E-state index contributed by atoms with van der Waals surface area (Å²) in [6.07, 6.45) is -1.73. The number of ether oxygens (including phenoxy) is 1. The summed E-state index contributed by atoms with van der Waals surface area (Å²) in [5.41, 5.74) is 4.03. The Morgan fingerprint density at radius 1 is 0.784 bits per heavy atom. The third-order valence-corrected chi connectivity index (χ3v) is 9.15. The fourth-order valence-corrected chi connectivity index (χ4v) is 6.79. The Hall–Kier alpha value is -5.84. The van der Waals surface area contributed by atoms with E-state index in [-0.39, 0.29) is 17.4 Å². The average Bonchev–Trinajstić information content (AvgIpc) is 3.61. The normalized spacial score (nSPS) is 12.8. The van der Waals surface area contributed by atoms with E-state index in [1.54, 1.807) is 42.1 Å². The van der Waals surface area contributed by atoms with Crippen LogP contribution >= 0.6 is 0 Å². The van der Waals surface area contributed by atoms with Crippen molar-refractivity contribution in [2.75, 3.05) is 18.4 Å². The minimum atomic E-state index is -4.47. The molecular formula is C40H37F3N4O4. The van der Waals surface area contributed by atoms with Crippen LogP contribution in [0.4, 0.5) is 23.7 Å². The lowest BCUT2D eigenvalue weighted by Gasteiger charge is -2.31. The topological polar surface area (TPSA) is 101 Å². The molecule has 51 heavy (non-hydrogen) atoms. The van der Waals surface area contributed by atoms with Crippen molar-refractivity contribution in [1.29, 1.82) is 0 Å². The number of likely N-dealkylation sites (N-methyl/N-ethyl adjacent to an activating group) is 1. The smallest absolute Gasteiger partial charge is 0.393 e. The fraction of sp³-hybridized carbons (Fsp3) is 0.225. The van der Waals surface area contributed by atoms with Gasteiger partial charge in [0.1, 0.15) is 5.41 Å². The molecule has 262 valence electrons. The molecule has 3 amide bonds. The summed E-state index contributed by atoms with van der Waals surface area (Å²) >= 11 is 0. The highest BCUT2D eigenvalue weighted by Gasteiger charge is 2.48. The first-order valence-electron chi connectivity index (χ1n) is 16.7. The number of aryl methyl sites for hydroxylation is 1. The van der Waals surface area contributed by atoms with Gasteiger partial charge in [-0.25, -0.2) is 4.79 Å². The molecule has 0 aliphatic heterocycles. The van der Waals surface area contributed by atoms with E-state index in [1.807, 2.05) is 43.3 Å². The van der Waals surface area contributed by atoms with E-state index < -0.39 is 29.2 Å². The monoisotopic (exact) mass is 694 g/mol. The maximum atomic E-state index is 13.7. The zero-order valence-corrected chi connectivity index (χ0v) is 28.1. The highest BCUT2D eigenvalue weighted by molar-refractivity contribution is 6.08. The molecular weight excluding hydrogens is 657 g/mol. The van der Waals surface area contributed by atoms with Crippen molar-refractivity contribution in [3.05, 3.63) is 132 Å². The summed E-state index contributed by atoms with van der Waals surface area (Å²) in [7, 11) is 1.66. The third-order valence-electron chi connectivity index (χ3n) is 9.15. The van der Waals surface area contributed by atoms with E-state index in [0.29, 0.717) is 49.2 Å². The largest absolute Gasteiger partial charge is 0.416 e. The number of hydrogen-bond acceptors (Lipinski definition) is 4. The Labute approximate surface area is 293 Å². The Morgan fingerprint density at radius 3 is 2.02 bits per heavy atom. The van der Waals surface area contributed by atoms with Crippen molar-refractivity contribution in [3.8, 4) is 28.1 Å². The Morgan fingerprint density at radius 2 is 1.39 bits per heavy atom. The van der Waals surface area contributed by atoms with Gasteiger partial charge in [0.05, 0.1) is 11.3 Å². The summed E-state index contributed by atoms with van der Waals surface area (Å²) in [5, 5.41) is 8.60. The number of anilines is 1. The lowest BCUT2D eigenvalue weighted by atomic mass is 9.73. The Bertz CT molecular complexity index is 2030. The first kappa shape index (κ1) is 35.0. The van der Waals surface area contributed by atoms with E-state index in [2.05, 4.69) is 28.1 Å². The first-order valence-corrected chi connectivity index (χ1v) is 16.7. The first-order chi connectivity index (χ1) is 24.5. The number of nitrogens with one attached hydrogen (secondary N) is 3. The quantitative estimate of drug-likeness (QED) is 0.121. The van der Waals surface area contributed by atoms with Crippen LogP contribution in [0, 0.1) is 0 Å². The number of hydrogen-bond donors (Lipinski definition) is 3. The molecule has 1 heterocycles. The van der Waals surface area contributed by atoms with Crippen LogP contribution in [0.2, 0.25) is 0 Å². The highest BCUT2D eigenvalue weighted by atomic mass is 19.4. The molecule has 8 nitrogen and oxygen atoms in total. The summed E-state index contributed by atoms with van der Waals surface area (Å²) in [6, 6.07) is 28.7. The molecule has 0 atom stereocenters. The molecule has 0 saturated carbocycles. The molecule has 0 saturated heterocycles. The van der Waals surface area contributed by atoms with Crippen LogP contribution < -0.4 is 20.7 Å².